The Morgan fingerprint density at radius 2 is 1.67 bits per heavy atom. The molecule has 0 spiro atoms. The third-order valence-electron chi connectivity index (χ3n) is 3.39. The largest absolute Gasteiger partial charge is 0.497 e. The van der Waals surface area contributed by atoms with Crippen molar-refractivity contribution in [3.63, 3.8) is 0 Å². The van der Waals surface area contributed by atoms with Gasteiger partial charge in [-0.15, -0.1) is 0 Å². The normalized spacial score (nSPS) is 12.2. The lowest BCUT2D eigenvalue weighted by Crippen LogP contribution is -2.21. The summed E-state index contributed by atoms with van der Waals surface area (Å²) < 4.78 is 45.2. The molecule has 0 fully saturated rings. The van der Waals surface area contributed by atoms with Gasteiger partial charge in [-0.2, -0.15) is 0 Å². The van der Waals surface area contributed by atoms with Crippen LogP contribution in [0.25, 0.3) is 0 Å². The zero-order valence-corrected chi connectivity index (χ0v) is 11.8. The molecule has 2 aromatic rings. The Bertz CT molecular complexity index is 614. The van der Waals surface area contributed by atoms with E-state index in [-0.39, 0.29) is 5.56 Å². The monoisotopic (exact) mass is 295 g/mol. The van der Waals surface area contributed by atoms with Crippen LogP contribution in [0.5, 0.6) is 5.75 Å². The van der Waals surface area contributed by atoms with Crippen molar-refractivity contribution in [1.82, 2.24) is 5.32 Å². The summed E-state index contributed by atoms with van der Waals surface area (Å²) in [5, 5.41) is 2.92. The first kappa shape index (κ1) is 15.4. The number of methoxy groups -OCH3 is 1. The molecule has 112 valence electrons. The van der Waals surface area contributed by atoms with Gasteiger partial charge >= 0.3 is 0 Å². The van der Waals surface area contributed by atoms with Crippen molar-refractivity contribution >= 4 is 0 Å². The average molecular weight is 295 g/mol. The van der Waals surface area contributed by atoms with Crippen molar-refractivity contribution in [3.8, 4) is 5.75 Å². The predicted octanol–water partition coefficient (Wildman–Crippen LogP) is 3.62. The van der Waals surface area contributed by atoms with Crippen LogP contribution in [0.15, 0.2) is 36.4 Å². The predicted molar refractivity (Wildman–Crippen MR) is 74.8 cm³/mol. The molecule has 0 aliphatic heterocycles. The molecule has 0 saturated heterocycles. The van der Waals surface area contributed by atoms with Crippen molar-refractivity contribution in [1.29, 1.82) is 0 Å². The molecule has 0 aliphatic rings. The van der Waals surface area contributed by atoms with E-state index >= 15 is 0 Å². The molecule has 1 atom stereocenters. The Labute approximate surface area is 121 Å². The molecule has 1 unspecified atom stereocenters. The van der Waals surface area contributed by atoms with Crippen LogP contribution in [-0.2, 0) is 6.42 Å². The number of hydrogen-bond acceptors (Lipinski definition) is 2. The molecular formula is C16H16F3NO. The summed E-state index contributed by atoms with van der Waals surface area (Å²) in [6, 6.07) is 9.04. The van der Waals surface area contributed by atoms with Crippen LogP contribution >= 0.6 is 0 Å². The number of likely N-dealkylation sites (N-methyl/N-ethyl adjacent to an activating group) is 1. The summed E-state index contributed by atoms with van der Waals surface area (Å²) in [4.78, 5) is 0. The van der Waals surface area contributed by atoms with E-state index in [0.29, 0.717) is 6.42 Å². The molecule has 0 saturated carbocycles. The summed E-state index contributed by atoms with van der Waals surface area (Å²) in [6.07, 6.45) is 0.447. The zero-order valence-electron chi connectivity index (χ0n) is 11.8. The average Bonchev–Trinajstić information content (AvgIpc) is 2.51. The first-order chi connectivity index (χ1) is 10.1. The summed E-state index contributed by atoms with van der Waals surface area (Å²) >= 11 is 0. The Kier molecular flexibility index (Phi) is 4.85. The van der Waals surface area contributed by atoms with Crippen molar-refractivity contribution < 1.29 is 17.9 Å². The SMILES string of the molecule is CNC(Cc1ccc(OC)cc1)c1ccc(F)c(F)c1F. The Morgan fingerprint density at radius 1 is 1.00 bits per heavy atom. The van der Waals surface area contributed by atoms with Gasteiger partial charge in [-0.3, -0.25) is 0 Å². The maximum atomic E-state index is 13.8. The van der Waals surface area contributed by atoms with E-state index < -0.39 is 23.5 Å². The minimum absolute atomic E-state index is 0.104. The number of ether oxygens (including phenoxy) is 1. The van der Waals surface area contributed by atoms with E-state index in [1.807, 2.05) is 12.1 Å². The van der Waals surface area contributed by atoms with Gasteiger partial charge in [-0.1, -0.05) is 18.2 Å². The minimum atomic E-state index is -1.44. The van der Waals surface area contributed by atoms with Crippen molar-refractivity contribution in [2.45, 2.75) is 12.5 Å². The maximum Gasteiger partial charge on any atom is 0.194 e. The lowest BCUT2D eigenvalue weighted by atomic mass is 9.98. The van der Waals surface area contributed by atoms with Crippen LogP contribution in [0, 0.1) is 17.5 Å². The van der Waals surface area contributed by atoms with E-state index in [9.17, 15) is 13.2 Å². The second-order valence-electron chi connectivity index (χ2n) is 4.66. The number of rotatable bonds is 5. The fourth-order valence-corrected chi connectivity index (χ4v) is 2.17. The van der Waals surface area contributed by atoms with Crippen molar-refractivity contribution in [2.24, 2.45) is 0 Å². The molecule has 0 aliphatic carbocycles. The van der Waals surface area contributed by atoms with Crippen LogP contribution < -0.4 is 10.1 Å². The van der Waals surface area contributed by atoms with Gasteiger partial charge in [0.2, 0.25) is 0 Å². The quantitative estimate of drug-likeness (QED) is 0.851. The lowest BCUT2D eigenvalue weighted by Gasteiger charge is -2.18. The van der Waals surface area contributed by atoms with E-state index in [1.54, 1.807) is 26.3 Å². The van der Waals surface area contributed by atoms with Crippen molar-refractivity contribution in [3.05, 3.63) is 65.0 Å². The second kappa shape index (κ2) is 6.63. The van der Waals surface area contributed by atoms with Crippen LogP contribution in [-0.4, -0.2) is 14.2 Å². The van der Waals surface area contributed by atoms with Crippen LogP contribution in [0.3, 0.4) is 0 Å². The minimum Gasteiger partial charge on any atom is -0.497 e. The Morgan fingerprint density at radius 3 is 2.24 bits per heavy atom. The molecule has 0 aromatic heterocycles. The molecule has 1 N–H and O–H groups in total. The molecule has 21 heavy (non-hydrogen) atoms. The number of nitrogens with one attached hydrogen (secondary N) is 1. The first-order valence-electron chi connectivity index (χ1n) is 6.50. The summed E-state index contributed by atoms with van der Waals surface area (Å²) in [5.74, 6) is -3.06. The highest BCUT2D eigenvalue weighted by Crippen LogP contribution is 2.25. The first-order valence-corrected chi connectivity index (χ1v) is 6.50. The highest BCUT2D eigenvalue weighted by atomic mass is 19.2. The van der Waals surface area contributed by atoms with Gasteiger partial charge in [0, 0.05) is 11.6 Å². The Hall–Kier alpha value is -2.01. The molecule has 2 nitrogen and oxygen atoms in total. The fourth-order valence-electron chi connectivity index (χ4n) is 2.17. The highest BCUT2D eigenvalue weighted by Gasteiger charge is 2.20. The summed E-state index contributed by atoms with van der Waals surface area (Å²) in [7, 11) is 3.22. The van der Waals surface area contributed by atoms with E-state index in [2.05, 4.69) is 5.32 Å². The molecule has 0 amide bonds. The maximum absolute atomic E-state index is 13.8. The van der Waals surface area contributed by atoms with Crippen LogP contribution in [0.1, 0.15) is 17.2 Å². The smallest absolute Gasteiger partial charge is 0.194 e. The highest BCUT2D eigenvalue weighted by molar-refractivity contribution is 5.30. The summed E-state index contributed by atoms with van der Waals surface area (Å²) in [5.41, 5.74) is 1.03. The van der Waals surface area contributed by atoms with Gasteiger partial charge in [0.1, 0.15) is 5.75 Å². The Balaban J connectivity index is 2.25. The zero-order chi connectivity index (χ0) is 15.4. The van der Waals surface area contributed by atoms with E-state index in [4.69, 9.17) is 4.74 Å². The van der Waals surface area contributed by atoms with Gasteiger partial charge in [-0.25, -0.2) is 13.2 Å². The van der Waals surface area contributed by atoms with Crippen LogP contribution in [0.2, 0.25) is 0 Å². The van der Waals surface area contributed by atoms with Gasteiger partial charge in [0.05, 0.1) is 7.11 Å². The topological polar surface area (TPSA) is 21.3 Å². The standard InChI is InChI=1S/C16H16F3NO/c1-20-14(9-10-3-5-11(21-2)6-4-10)12-7-8-13(17)16(19)15(12)18/h3-8,14,20H,9H2,1-2H3. The molecule has 0 heterocycles. The van der Waals surface area contributed by atoms with E-state index in [0.717, 1.165) is 17.4 Å². The number of halogens is 3. The van der Waals surface area contributed by atoms with E-state index in [1.165, 1.54) is 6.07 Å². The molecular weight excluding hydrogens is 279 g/mol. The summed E-state index contributed by atoms with van der Waals surface area (Å²) in [6.45, 7) is 0. The molecule has 2 rings (SSSR count). The number of benzene rings is 2. The lowest BCUT2D eigenvalue weighted by molar-refractivity contribution is 0.414. The molecule has 0 radical (unpaired) electrons. The van der Waals surface area contributed by atoms with Gasteiger partial charge < -0.3 is 10.1 Å². The third-order valence-corrected chi connectivity index (χ3v) is 3.39. The third kappa shape index (κ3) is 3.36. The number of hydrogen-bond donors (Lipinski definition) is 1. The second-order valence-corrected chi connectivity index (χ2v) is 4.66. The fraction of sp³-hybridized carbons (Fsp3) is 0.250. The van der Waals surface area contributed by atoms with Crippen molar-refractivity contribution in [2.75, 3.05) is 14.2 Å². The molecule has 5 heteroatoms. The molecule has 2 aromatic carbocycles. The van der Waals surface area contributed by atoms with Crippen LogP contribution in [0.4, 0.5) is 13.2 Å². The molecule has 0 bridgehead atoms. The van der Waals surface area contributed by atoms with Gasteiger partial charge in [0.25, 0.3) is 0 Å². The van der Waals surface area contributed by atoms with Gasteiger partial charge in [0.15, 0.2) is 17.5 Å². The van der Waals surface area contributed by atoms with Gasteiger partial charge in [-0.05, 0) is 37.2 Å².